The Kier molecular flexibility index (Phi) is 3.75. The van der Waals surface area contributed by atoms with Crippen LogP contribution in [0.25, 0.3) is 11.0 Å². The minimum atomic E-state index is -0.743. The number of aromatic nitrogens is 4. The first-order valence-electron chi connectivity index (χ1n) is 6.49. The predicted octanol–water partition coefficient (Wildman–Crippen LogP) is 1.24. The van der Waals surface area contributed by atoms with E-state index in [4.69, 9.17) is 5.73 Å². The largest absolute Gasteiger partial charge is 0.317 e. The lowest BCUT2D eigenvalue weighted by atomic mass is 9.98. The summed E-state index contributed by atoms with van der Waals surface area (Å²) in [5.74, 6) is 0.445. The molecule has 3 rings (SSSR count). The van der Waals surface area contributed by atoms with Crippen molar-refractivity contribution in [1.82, 2.24) is 20.0 Å². The van der Waals surface area contributed by atoms with Crippen molar-refractivity contribution in [3.8, 4) is 0 Å². The minimum Gasteiger partial charge on any atom is -0.317 e. The van der Waals surface area contributed by atoms with E-state index in [9.17, 15) is 4.79 Å². The third kappa shape index (κ3) is 2.16. The van der Waals surface area contributed by atoms with Crippen molar-refractivity contribution < 1.29 is 4.79 Å². The molecule has 0 aromatic carbocycles. The number of hydrogen-bond acceptors (Lipinski definition) is 4. The standard InChI is InChI=1S/C12H18N6O.ClH/c1-7-8-9(15-16-10(8)18(2)17-7)14-11(19)12(13)5-3-4-6-12;/h3-6,13H2,1-2H3,(H2,14,15,16,19);1H. The number of carbonyl (C=O) groups is 1. The second-order valence-corrected chi connectivity index (χ2v) is 5.32. The van der Waals surface area contributed by atoms with E-state index in [0.29, 0.717) is 5.82 Å². The molecule has 4 N–H and O–H groups in total. The number of anilines is 1. The number of hydrogen-bond donors (Lipinski definition) is 3. The van der Waals surface area contributed by atoms with Gasteiger partial charge in [0, 0.05) is 7.05 Å². The maximum Gasteiger partial charge on any atom is 0.245 e. The van der Waals surface area contributed by atoms with Gasteiger partial charge < -0.3 is 11.1 Å². The highest BCUT2D eigenvalue weighted by Gasteiger charge is 2.37. The number of fused-ring (bicyclic) bond motifs is 1. The average molecular weight is 299 g/mol. The number of nitrogens with one attached hydrogen (secondary N) is 2. The second-order valence-electron chi connectivity index (χ2n) is 5.32. The molecule has 0 atom stereocenters. The zero-order valence-corrected chi connectivity index (χ0v) is 12.4. The van der Waals surface area contributed by atoms with Crippen LogP contribution in [-0.4, -0.2) is 31.4 Å². The molecular weight excluding hydrogens is 280 g/mol. The molecule has 110 valence electrons. The smallest absolute Gasteiger partial charge is 0.245 e. The van der Waals surface area contributed by atoms with E-state index in [1.807, 2.05) is 14.0 Å². The summed E-state index contributed by atoms with van der Waals surface area (Å²) in [7, 11) is 1.82. The van der Waals surface area contributed by atoms with Gasteiger partial charge in [0.25, 0.3) is 0 Å². The topological polar surface area (TPSA) is 102 Å². The maximum absolute atomic E-state index is 12.3. The Morgan fingerprint density at radius 3 is 2.75 bits per heavy atom. The Labute approximate surface area is 122 Å². The van der Waals surface area contributed by atoms with Crippen LogP contribution in [0.2, 0.25) is 0 Å². The van der Waals surface area contributed by atoms with Crippen molar-refractivity contribution in [2.75, 3.05) is 5.32 Å². The third-order valence-electron chi connectivity index (χ3n) is 3.90. The van der Waals surface area contributed by atoms with Crippen LogP contribution in [0.5, 0.6) is 0 Å². The fourth-order valence-corrected chi connectivity index (χ4v) is 2.79. The first-order valence-corrected chi connectivity index (χ1v) is 6.49. The van der Waals surface area contributed by atoms with Crippen molar-refractivity contribution in [2.24, 2.45) is 12.8 Å². The SMILES string of the molecule is Cc1nn(C)c2n[nH]c(NC(=O)C3(N)CCCC3)c12.Cl. The summed E-state index contributed by atoms with van der Waals surface area (Å²) in [5.41, 5.74) is 6.96. The Morgan fingerprint density at radius 2 is 2.10 bits per heavy atom. The van der Waals surface area contributed by atoms with Crippen LogP contribution < -0.4 is 11.1 Å². The predicted molar refractivity (Wildman–Crippen MR) is 78.9 cm³/mol. The monoisotopic (exact) mass is 298 g/mol. The molecule has 2 aromatic heterocycles. The minimum absolute atomic E-state index is 0. The number of aryl methyl sites for hydroxylation is 2. The Morgan fingerprint density at radius 1 is 1.45 bits per heavy atom. The Hall–Kier alpha value is -1.60. The summed E-state index contributed by atoms with van der Waals surface area (Å²) in [4.78, 5) is 12.3. The molecule has 7 nitrogen and oxygen atoms in total. The van der Waals surface area contributed by atoms with Gasteiger partial charge in [0.15, 0.2) is 5.65 Å². The fraction of sp³-hybridized carbons (Fsp3) is 0.583. The molecule has 0 bridgehead atoms. The van der Waals surface area contributed by atoms with E-state index < -0.39 is 5.54 Å². The molecule has 1 amide bonds. The number of amides is 1. The number of rotatable bonds is 2. The van der Waals surface area contributed by atoms with E-state index in [1.54, 1.807) is 4.68 Å². The van der Waals surface area contributed by atoms with Gasteiger partial charge in [0.2, 0.25) is 5.91 Å². The maximum atomic E-state index is 12.3. The molecule has 0 unspecified atom stereocenters. The first-order chi connectivity index (χ1) is 9.01. The van der Waals surface area contributed by atoms with Crippen LogP contribution in [0.3, 0.4) is 0 Å². The zero-order valence-electron chi connectivity index (χ0n) is 11.6. The lowest BCUT2D eigenvalue weighted by Crippen LogP contribution is -2.48. The highest BCUT2D eigenvalue weighted by molar-refractivity contribution is 6.03. The summed E-state index contributed by atoms with van der Waals surface area (Å²) in [6.45, 7) is 1.89. The van der Waals surface area contributed by atoms with E-state index in [1.165, 1.54) is 0 Å². The number of aromatic amines is 1. The molecule has 20 heavy (non-hydrogen) atoms. The lowest BCUT2D eigenvalue weighted by Gasteiger charge is -2.21. The van der Waals surface area contributed by atoms with Gasteiger partial charge in [0.1, 0.15) is 5.82 Å². The molecule has 8 heteroatoms. The van der Waals surface area contributed by atoms with Crippen LogP contribution in [0.1, 0.15) is 31.4 Å². The van der Waals surface area contributed by atoms with Crippen LogP contribution >= 0.6 is 12.4 Å². The summed E-state index contributed by atoms with van der Waals surface area (Å²) < 4.78 is 1.69. The molecule has 1 aliphatic carbocycles. The van der Waals surface area contributed by atoms with Crippen molar-refractivity contribution in [2.45, 2.75) is 38.1 Å². The van der Waals surface area contributed by atoms with Gasteiger partial charge in [-0.3, -0.25) is 9.89 Å². The summed E-state index contributed by atoms with van der Waals surface area (Å²) >= 11 is 0. The van der Waals surface area contributed by atoms with E-state index in [2.05, 4.69) is 20.6 Å². The van der Waals surface area contributed by atoms with Crippen molar-refractivity contribution in [3.63, 3.8) is 0 Å². The van der Waals surface area contributed by atoms with Gasteiger partial charge >= 0.3 is 0 Å². The van der Waals surface area contributed by atoms with Crippen LogP contribution in [0.4, 0.5) is 5.82 Å². The molecular formula is C12H19ClN6O. The van der Waals surface area contributed by atoms with E-state index in [0.717, 1.165) is 42.4 Å². The van der Waals surface area contributed by atoms with Gasteiger partial charge in [-0.2, -0.15) is 10.2 Å². The third-order valence-corrected chi connectivity index (χ3v) is 3.90. The summed E-state index contributed by atoms with van der Waals surface area (Å²) in [6.07, 6.45) is 3.49. The van der Waals surface area contributed by atoms with Gasteiger partial charge in [-0.05, 0) is 19.8 Å². The number of carbonyl (C=O) groups excluding carboxylic acids is 1. The molecule has 2 aromatic rings. The van der Waals surface area contributed by atoms with Crippen LogP contribution in [0.15, 0.2) is 0 Å². The van der Waals surface area contributed by atoms with Crippen molar-refractivity contribution >= 4 is 35.2 Å². The van der Waals surface area contributed by atoms with E-state index >= 15 is 0 Å². The number of nitrogens with two attached hydrogens (primary N) is 1. The van der Waals surface area contributed by atoms with E-state index in [-0.39, 0.29) is 18.3 Å². The van der Waals surface area contributed by atoms with Gasteiger partial charge in [-0.25, -0.2) is 4.68 Å². The molecule has 2 heterocycles. The van der Waals surface area contributed by atoms with Gasteiger partial charge in [0.05, 0.1) is 16.6 Å². The quantitative estimate of drug-likeness (QED) is 0.776. The fourth-order valence-electron chi connectivity index (χ4n) is 2.79. The molecule has 0 spiro atoms. The lowest BCUT2D eigenvalue weighted by molar-refractivity contribution is -0.121. The zero-order chi connectivity index (χ0) is 13.6. The van der Waals surface area contributed by atoms with Crippen LogP contribution in [-0.2, 0) is 11.8 Å². The molecule has 1 saturated carbocycles. The van der Waals surface area contributed by atoms with Crippen molar-refractivity contribution in [1.29, 1.82) is 0 Å². The van der Waals surface area contributed by atoms with Gasteiger partial charge in [-0.1, -0.05) is 12.8 Å². The highest BCUT2D eigenvalue weighted by atomic mass is 35.5. The average Bonchev–Trinajstić information content (AvgIpc) is 3.01. The van der Waals surface area contributed by atoms with Crippen LogP contribution in [0, 0.1) is 6.92 Å². The molecule has 0 aliphatic heterocycles. The summed E-state index contributed by atoms with van der Waals surface area (Å²) in [6, 6.07) is 0. The summed E-state index contributed by atoms with van der Waals surface area (Å²) in [5, 5.41) is 15.0. The number of H-pyrrole nitrogens is 1. The Bertz CT molecular complexity index is 640. The first kappa shape index (κ1) is 14.8. The Balaban J connectivity index is 0.00000147. The molecule has 1 aliphatic rings. The number of nitrogens with zero attached hydrogens (tertiary/aromatic N) is 3. The highest BCUT2D eigenvalue weighted by Crippen LogP contribution is 2.30. The van der Waals surface area contributed by atoms with Gasteiger partial charge in [-0.15, -0.1) is 12.4 Å². The molecule has 0 radical (unpaired) electrons. The molecule has 1 fully saturated rings. The second kappa shape index (κ2) is 5.06. The van der Waals surface area contributed by atoms with Crippen molar-refractivity contribution in [3.05, 3.63) is 5.69 Å². The normalized spacial score (nSPS) is 17.1. The number of halogens is 1. The molecule has 0 saturated heterocycles.